The molecule has 1 aromatic rings. The number of carbonyl (C=O) groups is 3. The van der Waals surface area contributed by atoms with Gasteiger partial charge in [0.25, 0.3) is 0 Å². The predicted octanol–water partition coefficient (Wildman–Crippen LogP) is 4.70. The highest BCUT2D eigenvalue weighted by Crippen LogP contribution is 2.31. The molecule has 0 bridgehead atoms. The van der Waals surface area contributed by atoms with E-state index in [1.807, 2.05) is 0 Å². The Morgan fingerprint density at radius 1 is 0.974 bits per heavy atom. The van der Waals surface area contributed by atoms with Gasteiger partial charge >= 0.3 is 28.5 Å². The number of carbonyl (C=O) groups excluding carboxylic acids is 3. The van der Waals surface area contributed by atoms with Gasteiger partial charge in [-0.2, -0.15) is 21.9 Å². The molecule has 0 saturated carbocycles. The number of anilines is 1. The van der Waals surface area contributed by atoms with Gasteiger partial charge in [0.2, 0.25) is 5.88 Å². The molecule has 1 aromatic heterocycles. The second-order valence-electron chi connectivity index (χ2n) is 11.8. The summed E-state index contributed by atoms with van der Waals surface area (Å²) in [5.41, 5.74) is -2.65. The van der Waals surface area contributed by atoms with Crippen LogP contribution in [0.4, 0.5) is 20.1 Å². The number of aromatic nitrogens is 1. The molecule has 0 N–H and O–H groups in total. The molecule has 0 spiro atoms. The molecule has 1 unspecified atom stereocenters. The van der Waals surface area contributed by atoms with Crippen molar-refractivity contribution in [3.8, 4) is 5.88 Å². The Hall–Kier alpha value is -2.65. The fraction of sp³-hybridized carbons (Fsp3) is 0.667. The van der Waals surface area contributed by atoms with E-state index in [1.165, 1.54) is 19.3 Å². The Labute approximate surface area is 238 Å². The molecule has 3 amide bonds. The summed E-state index contributed by atoms with van der Waals surface area (Å²) in [6, 6.07) is 0.502. The van der Waals surface area contributed by atoms with Gasteiger partial charge in [0.1, 0.15) is 29.5 Å². The van der Waals surface area contributed by atoms with Crippen molar-refractivity contribution < 1.29 is 41.7 Å². The average molecular weight is 638 g/mol. The molecular formula is C24H37BrN4O9S. The lowest BCUT2D eigenvalue weighted by Gasteiger charge is -2.28. The Kier molecular flexibility index (Phi) is 9.56. The van der Waals surface area contributed by atoms with Crippen LogP contribution in [0.25, 0.3) is 0 Å². The van der Waals surface area contributed by atoms with E-state index in [0.717, 1.165) is 4.31 Å². The van der Waals surface area contributed by atoms with Gasteiger partial charge in [-0.15, -0.1) is 0 Å². The normalized spacial score (nSPS) is 17.9. The van der Waals surface area contributed by atoms with Crippen LogP contribution in [0.3, 0.4) is 0 Å². The summed E-state index contributed by atoms with van der Waals surface area (Å²) in [5.74, 6) is 0.0307. The van der Waals surface area contributed by atoms with Crippen LogP contribution >= 0.6 is 15.9 Å². The van der Waals surface area contributed by atoms with Gasteiger partial charge in [-0.3, -0.25) is 0 Å². The van der Waals surface area contributed by atoms with E-state index >= 15 is 0 Å². The first-order valence-electron chi connectivity index (χ1n) is 12.0. The summed E-state index contributed by atoms with van der Waals surface area (Å²) in [6.07, 6.45) is -1.75. The number of imide groups is 1. The predicted molar refractivity (Wildman–Crippen MR) is 146 cm³/mol. The van der Waals surface area contributed by atoms with Crippen LogP contribution in [-0.2, 0) is 24.4 Å². The van der Waals surface area contributed by atoms with Gasteiger partial charge in [0.05, 0.1) is 16.4 Å². The summed E-state index contributed by atoms with van der Waals surface area (Å²) in [6.45, 7) is 14.6. The Bertz CT molecular complexity index is 1180. The molecule has 220 valence electrons. The number of hydrogen-bond acceptors (Lipinski definition) is 10. The maximum Gasteiger partial charge on any atom is 0.425 e. The van der Waals surface area contributed by atoms with Crippen molar-refractivity contribution in [2.24, 2.45) is 0 Å². The summed E-state index contributed by atoms with van der Waals surface area (Å²) < 4.78 is 49.1. The van der Waals surface area contributed by atoms with Gasteiger partial charge in [-0.05, 0) is 84.3 Å². The number of ether oxygens (including phenoxy) is 4. The third-order valence-corrected chi connectivity index (χ3v) is 7.08. The molecule has 1 fully saturated rings. The minimum absolute atomic E-state index is 0.0255. The third kappa shape index (κ3) is 8.93. The number of rotatable bonds is 4. The summed E-state index contributed by atoms with van der Waals surface area (Å²) in [4.78, 5) is 43.3. The lowest BCUT2D eigenvalue weighted by atomic mass is 10.2. The first-order chi connectivity index (χ1) is 17.5. The van der Waals surface area contributed by atoms with E-state index < -0.39 is 51.3 Å². The average Bonchev–Trinajstić information content (AvgIpc) is 2.91. The van der Waals surface area contributed by atoms with Gasteiger partial charge in [-0.1, -0.05) is 0 Å². The first-order valence-corrected chi connectivity index (χ1v) is 14.2. The fourth-order valence-electron chi connectivity index (χ4n) is 3.19. The molecule has 0 aromatic carbocycles. The molecule has 2 rings (SSSR count). The van der Waals surface area contributed by atoms with Crippen LogP contribution in [0, 0.1) is 0 Å². The summed E-state index contributed by atoms with van der Waals surface area (Å²) in [5, 5.41) is 0. The standard InChI is InChI=1S/C24H37BrN4O9S/c1-22(2,3)36-19(30)28(20(31)37-23(4,5)6)15-11-17(25)18(26-12-15)35-14-16-13-27(10)39(33,34)29(16)21(32)38-24(7,8)9/h11-12,16H,13-14H2,1-10H3. The van der Waals surface area contributed by atoms with E-state index in [9.17, 15) is 22.8 Å². The zero-order chi connectivity index (χ0) is 30.1. The summed E-state index contributed by atoms with van der Waals surface area (Å²) >= 11 is 3.31. The number of likely N-dealkylation sites (N-methyl/N-ethyl adjacent to an activating group) is 1. The minimum Gasteiger partial charge on any atom is -0.475 e. The smallest absolute Gasteiger partial charge is 0.425 e. The highest BCUT2D eigenvalue weighted by atomic mass is 79.9. The second-order valence-corrected chi connectivity index (χ2v) is 14.6. The zero-order valence-electron chi connectivity index (χ0n) is 23.9. The molecule has 1 aliphatic heterocycles. The van der Waals surface area contributed by atoms with Gasteiger partial charge < -0.3 is 18.9 Å². The molecule has 13 nitrogen and oxygen atoms in total. The van der Waals surface area contributed by atoms with Crippen molar-refractivity contribution in [2.45, 2.75) is 85.2 Å². The van der Waals surface area contributed by atoms with Crippen LogP contribution < -0.4 is 9.64 Å². The largest absolute Gasteiger partial charge is 0.475 e. The van der Waals surface area contributed by atoms with Crippen molar-refractivity contribution in [1.29, 1.82) is 0 Å². The quantitative estimate of drug-likeness (QED) is 0.426. The maximum absolute atomic E-state index is 12.9. The van der Waals surface area contributed by atoms with Crippen LogP contribution in [0.15, 0.2) is 16.7 Å². The van der Waals surface area contributed by atoms with Gasteiger partial charge in [0, 0.05) is 13.6 Å². The van der Waals surface area contributed by atoms with E-state index in [0.29, 0.717) is 9.21 Å². The lowest BCUT2D eigenvalue weighted by Crippen LogP contribution is -2.45. The SMILES string of the molecule is CN1CC(COc2ncc(N(C(=O)OC(C)(C)C)C(=O)OC(C)(C)C)cc2Br)N(C(=O)OC(C)(C)C)S1(=O)=O. The highest BCUT2D eigenvalue weighted by molar-refractivity contribution is 9.10. The molecule has 1 atom stereocenters. The van der Waals surface area contributed by atoms with E-state index in [4.69, 9.17) is 18.9 Å². The van der Waals surface area contributed by atoms with Crippen molar-refractivity contribution in [3.63, 3.8) is 0 Å². The van der Waals surface area contributed by atoms with Crippen LogP contribution in [0.2, 0.25) is 0 Å². The Morgan fingerprint density at radius 2 is 1.46 bits per heavy atom. The van der Waals surface area contributed by atoms with Crippen LogP contribution in [0.1, 0.15) is 62.3 Å². The van der Waals surface area contributed by atoms with E-state index in [2.05, 4.69) is 20.9 Å². The number of amides is 3. The van der Waals surface area contributed by atoms with Crippen molar-refractivity contribution >= 4 is 50.1 Å². The fourth-order valence-corrected chi connectivity index (χ4v) is 5.04. The molecule has 1 saturated heterocycles. The highest BCUT2D eigenvalue weighted by Gasteiger charge is 2.47. The topological polar surface area (TPSA) is 145 Å². The monoisotopic (exact) mass is 636 g/mol. The molecular weight excluding hydrogens is 600 g/mol. The third-order valence-electron chi connectivity index (χ3n) is 4.63. The number of halogens is 1. The number of nitrogens with zero attached hydrogens (tertiary/aromatic N) is 4. The van der Waals surface area contributed by atoms with Gasteiger partial charge in [-0.25, -0.2) is 19.4 Å². The Morgan fingerprint density at radius 3 is 1.90 bits per heavy atom. The molecule has 1 aliphatic rings. The summed E-state index contributed by atoms with van der Waals surface area (Å²) in [7, 11) is -2.75. The molecule has 15 heteroatoms. The molecule has 2 heterocycles. The van der Waals surface area contributed by atoms with E-state index in [-0.39, 0.29) is 29.2 Å². The van der Waals surface area contributed by atoms with Crippen LogP contribution in [-0.4, -0.2) is 83.3 Å². The van der Waals surface area contributed by atoms with Gasteiger partial charge in [0.15, 0.2) is 0 Å². The van der Waals surface area contributed by atoms with E-state index in [1.54, 1.807) is 62.3 Å². The van der Waals surface area contributed by atoms with Crippen molar-refractivity contribution in [2.75, 3.05) is 25.1 Å². The minimum atomic E-state index is -4.10. The number of pyridine rings is 1. The van der Waals surface area contributed by atoms with Crippen LogP contribution in [0.5, 0.6) is 5.88 Å². The molecule has 0 aliphatic carbocycles. The number of hydrogen-bond donors (Lipinski definition) is 0. The Balaban J connectivity index is 2.30. The van der Waals surface area contributed by atoms with Crippen molar-refractivity contribution in [3.05, 3.63) is 16.7 Å². The zero-order valence-corrected chi connectivity index (χ0v) is 26.3. The first kappa shape index (κ1) is 32.6. The van der Waals surface area contributed by atoms with Crippen molar-refractivity contribution in [1.82, 2.24) is 13.6 Å². The molecule has 39 heavy (non-hydrogen) atoms. The lowest BCUT2D eigenvalue weighted by molar-refractivity contribution is 0.0325. The molecule has 0 radical (unpaired) electrons. The second kappa shape index (κ2) is 11.5. The maximum atomic E-state index is 12.9.